The Bertz CT molecular complexity index is 791. The molecule has 0 aliphatic heterocycles. The Morgan fingerprint density at radius 2 is 2.28 bits per heavy atom. The van der Waals surface area contributed by atoms with E-state index in [9.17, 15) is 9.59 Å². The van der Waals surface area contributed by atoms with Crippen LogP contribution in [0.5, 0.6) is 0 Å². The van der Waals surface area contributed by atoms with E-state index in [0.717, 1.165) is 29.7 Å². The standard InChI is InChI=1S/C19H22N2O2S2/c1-2-4-12-6-8-14-15(11-12)25-19(17(14)18(20)23)21-16(22)9-7-13-5-3-10-24-13/h3,5,7,9-10,12H,2,4,6,8,11H2,1H3,(H2,20,23)(H,21,22)/b9-7+. The van der Waals surface area contributed by atoms with Gasteiger partial charge in [-0.15, -0.1) is 22.7 Å². The van der Waals surface area contributed by atoms with Crippen LogP contribution in [0.3, 0.4) is 0 Å². The molecule has 0 saturated heterocycles. The van der Waals surface area contributed by atoms with Crippen molar-refractivity contribution in [1.82, 2.24) is 0 Å². The van der Waals surface area contributed by atoms with Crippen LogP contribution < -0.4 is 11.1 Å². The number of amides is 2. The maximum absolute atomic E-state index is 12.2. The Kier molecular flexibility index (Phi) is 5.71. The van der Waals surface area contributed by atoms with Crippen LogP contribution in [0.25, 0.3) is 6.08 Å². The highest BCUT2D eigenvalue weighted by Crippen LogP contribution is 2.40. The Morgan fingerprint density at radius 1 is 1.44 bits per heavy atom. The smallest absolute Gasteiger partial charge is 0.251 e. The van der Waals surface area contributed by atoms with E-state index in [1.54, 1.807) is 17.4 Å². The molecule has 1 aliphatic rings. The Balaban J connectivity index is 1.79. The third-order valence-corrected chi connectivity index (χ3v) is 6.50. The fourth-order valence-corrected chi connectivity index (χ4v) is 5.34. The molecular formula is C19H22N2O2S2. The predicted octanol–water partition coefficient (Wildman–Crippen LogP) is 4.47. The van der Waals surface area contributed by atoms with E-state index in [-0.39, 0.29) is 5.91 Å². The number of carbonyl (C=O) groups is 2. The molecule has 2 aromatic heterocycles. The van der Waals surface area contributed by atoms with E-state index in [2.05, 4.69) is 12.2 Å². The van der Waals surface area contributed by atoms with Gasteiger partial charge in [0.2, 0.25) is 5.91 Å². The molecule has 4 nitrogen and oxygen atoms in total. The maximum atomic E-state index is 12.2. The molecule has 1 unspecified atom stereocenters. The van der Waals surface area contributed by atoms with Crippen LogP contribution in [0.2, 0.25) is 0 Å². The first kappa shape index (κ1) is 17.9. The molecule has 0 aromatic carbocycles. The first-order valence-corrected chi connectivity index (χ1v) is 10.2. The van der Waals surface area contributed by atoms with Gasteiger partial charge in [-0.25, -0.2) is 0 Å². The summed E-state index contributed by atoms with van der Waals surface area (Å²) in [6.45, 7) is 2.20. The lowest BCUT2D eigenvalue weighted by Gasteiger charge is -2.21. The minimum atomic E-state index is -0.455. The summed E-state index contributed by atoms with van der Waals surface area (Å²) in [6, 6.07) is 3.88. The number of hydrogen-bond donors (Lipinski definition) is 2. The number of carbonyl (C=O) groups excluding carboxylic acids is 2. The fourth-order valence-electron chi connectivity index (χ4n) is 3.36. The van der Waals surface area contributed by atoms with Gasteiger partial charge in [-0.2, -0.15) is 0 Å². The molecular weight excluding hydrogens is 352 g/mol. The molecule has 3 rings (SSSR count). The summed E-state index contributed by atoms with van der Waals surface area (Å²) in [5.74, 6) is -0.0252. The summed E-state index contributed by atoms with van der Waals surface area (Å²) in [5.41, 5.74) is 7.15. The van der Waals surface area contributed by atoms with E-state index in [1.807, 2.05) is 17.5 Å². The second-order valence-electron chi connectivity index (χ2n) is 6.31. The zero-order valence-corrected chi connectivity index (χ0v) is 15.8. The van der Waals surface area contributed by atoms with Gasteiger partial charge in [0.15, 0.2) is 0 Å². The Hall–Kier alpha value is -1.92. The van der Waals surface area contributed by atoms with Gasteiger partial charge in [0.05, 0.1) is 5.56 Å². The SMILES string of the molecule is CCCC1CCc2c(sc(NC(=O)/C=C/c3cccs3)c2C(N)=O)C1. The second kappa shape index (κ2) is 7.97. The van der Waals surface area contributed by atoms with E-state index >= 15 is 0 Å². The monoisotopic (exact) mass is 374 g/mol. The number of nitrogens with two attached hydrogens (primary N) is 1. The minimum absolute atomic E-state index is 0.236. The first-order chi connectivity index (χ1) is 12.1. The summed E-state index contributed by atoms with van der Waals surface area (Å²) >= 11 is 3.08. The van der Waals surface area contributed by atoms with Gasteiger partial charge in [-0.1, -0.05) is 25.8 Å². The second-order valence-corrected chi connectivity index (χ2v) is 8.39. The van der Waals surface area contributed by atoms with Crippen molar-refractivity contribution in [3.8, 4) is 0 Å². The number of anilines is 1. The van der Waals surface area contributed by atoms with Gasteiger partial charge in [0.1, 0.15) is 5.00 Å². The maximum Gasteiger partial charge on any atom is 0.251 e. The molecule has 2 heterocycles. The van der Waals surface area contributed by atoms with Crippen LogP contribution in [0.15, 0.2) is 23.6 Å². The largest absolute Gasteiger partial charge is 0.365 e. The first-order valence-electron chi connectivity index (χ1n) is 8.55. The van der Waals surface area contributed by atoms with Crippen molar-refractivity contribution in [1.29, 1.82) is 0 Å². The van der Waals surface area contributed by atoms with Gasteiger partial charge < -0.3 is 11.1 Å². The number of nitrogens with one attached hydrogen (secondary N) is 1. The molecule has 0 radical (unpaired) electrons. The summed E-state index contributed by atoms with van der Waals surface area (Å²) < 4.78 is 0. The van der Waals surface area contributed by atoms with Crippen LogP contribution in [0.4, 0.5) is 5.00 Å². The van der Waals surface area contributed by atoms with Crippen molar-refractivity contribution in [2.75, 3.05) is 5.32 Å². The molecule has 132 valence electrons. The van der Waals surface area contributed by atoms with Crippen molar-refractivity contribution in [2.45, 2.75) is 39.0 Å². The average molecular weight is 375 g/mol. The fraction of sp³-hybridized carbons (Fsp3) is 0.368. The van der Waals surface area contributed by atoms with Crippen molar-refractivity contribution in [3.05, 3.63) is 44.5 Å². The molecule has 6 heteroatoms. The topological polar surface area (TPSA) is 72.2 Å². The van der Waals surface area contributed by atoms with Crippen LogP contribution >= 0.6 is 22.7 Å². The Labute approximate surface area is 155 Å². The molecule has 0 saturated carbocycles. The zero-order chi connectivity index (χ0) is 17.8. The molecule has 3 N–H and O–H groups in total. The lowest BCUT2D eigenvalue weighted by Crippen LogP contribution is -2.19. The van der Waals surface area contributed by atoms with Crippen LogP contribution in [0.1, 0.15) is 51.9 Å². The molecule has 2 aromatic rings. The van der Waals surface area contributed by atoms with Crippen LogP contribution in [0, 0.1) is 5.92 Å². The van der Waals surface area contributed by atoms with E-state index < -0.39 is 5.91 Å². The molecule has 0 spiro atoms. The van der Waals surface area contributed by atoms with Crippen LogP contribution in [-0.4, -0.2) is 11.8 Å². The predicted molar refractivity (Wildman–Crippen MR) is 105 cm³/mol. The zero-order valence-electron chi connectivity index (χ0n) is 14.2. The lowest BCUT2D eigenvalue weighted by molar-refractivity contribution is -0.111. The van der Waals surface area contributed by atoms with Gasteiger partial charge in [0, 0.05) is 15.8 Å². The molecule has 0 fully saturated rings. The average Bonchev–Trinajstić information content (AvgIpc) is 3.19. The molecule has 1 aliphatic carbocycles. The third kappa shape index (κ3) is 4.19. The molecule has 25 heavy (non-hydrogen) atoms. The molecule has 0 bridgehead atoms. The number of thiophene rings is 2. The summed E-state index contributed by atoms with van der Waals surface area (Å²) in [5, 5.41) is 5.41. The van der Waals surface area contributed by atoms with Crippen molar-refractivity contribution in [3.63, 3.8) is 0 Å². The van der Waals surface area contributed by atoms with Crippen molar-refractivity contribution < 1.29 is 9.59 Å². The number of fused-ring (bicyclic) bond motifs is 1. The summed E-state index contributed by atoms with van der Waals surface area (Å²) in [4.78, 5) is 26.4. The lowest BCUT2D eigenvalue weighted by atomic mass is 9.84. The number of rotatable bonds is 6. The van der Waals surface area contributed by atoms with E-state index in [0.29, 0.717) is 16.5 Å². The molecule has 2 amide bonds. The van der Waals surface area contributed by atoms with Gasteiger partial charge in [-0.3, -0.25) is 9.59 Å². The number of hydrogen-bond acceptors (Lipinski definition) is 4. The summed E-state index contributed by atoms with van der Waals surface area (Å²) in [7, 11) is 0. The van der Waals surface area contributed by atoms with Crippen molar-refractivity contribution in [2.24, 2.45) is 11.7 Å². The highest BCUT2D eigenvalue weighted by Gasteiger charge is 2.28. The normalized spacial score (nSPS) is 16.8. The highest BCUT2D eigenvalue weighted by atomic mass is 32.1. The van der Waals surface area contributed by atoms with Gasteiger partial charge in [0.25, 0.3) is 5.91 Å². The van der Waals surface area contributed by atoms with Gasteiger partial charge >= 0.3 is 0 Å². The van der Waals surface area contributed by atoms with Crippen molar-refractivity contribution >= 4 is 45.6 Å². The van der Waals surface area contributed by atoms with Crippen LogP contribution in [-0.2, 0) is 17.6 Å². The van der Waals surface area contributed by atoms with E-state index in [1.165, 1.54) is 35.1 Å². The quantitative estimate of drug-likeness (QED) is 0.733. The van der Waals surface area contributed by atoms with Gasteiger partial charge in [-0.05, 0) is 48.3 Å². The third-order valence-electron chi connectivity index (χ3n) is 4.49. The van der Waals surface area contributed by atoms with E-state index in [4.69, 9.17) is 5.73 Å². The number of primary amides is 1. The minimum Gasteiger partial charge on any atom is -0.365 e. The Morgan fingerprint density at radius 3 is 2.96 bits per heavy atom. The molecule has 1 atom stereocenters. The highest BCUT2D eigenvalue weighted by molar-refractivity contribution is 7.17. The summed E-state index contributed by atoms with van der Waals surface area (Å²) in [6.07, 6.45) is 8.58.